The van der Waals surface area contributed by atoms with E-state index in [1.54, 1.807) is 7.11 Å². The molecule has 0 saturated heterocycles. The molecular formula is C33H35N3O6. The second-order valence-corrected chi connectivity index (χ2v) is 10.3. The average Bonchev–Trinajstić information content (AvgIpc) is 3.43. The Morgan fingerprint density at radius 1 is 0.952 bits per heavy atom. The molecule has 1 saturated carbocycles. The molecule has 2 atom stereocenters. The first-order valence-electron chi connectivity index (χ1n) is 14.1. The van der Waals surface area contributed by atoms with Gasteiger partial charge < -0.3 is 24.6 Å². The van der Waals surface area contributed by atoms with Crippen molar-refractivity contribution in [1.29, 1.82) is 0 Å². The maximum Gasteiger partial charge on any atom is 0.356 e. The van der Waals surface area contributed by atoms with Gasteiger partial charge in [0, 0.05) is 6.07 Å². The smallest absolute Gasteiger partial charge is 0.356 e. The number of carbonyl (C=O) groups is 2. The number of rotatable bonds is 12. The Bertz CT molecular complexity index is 1500. The van der Waals surface area contributed by atoms with Gasteiger partial charge in [-0.2, -0.15) is 5.10 Å². The molecule has 1 aliphatic rings. The van der Waals surface area contributed by atoms with E-state index in [4.69, 9.17) is 14.2 Å². The summed E-state index contributed by atoms with van der Waals surface area (Å²) in [5.74, 6) is -0.540. The van der Waals surface area contributed by atoms with Crippen LogP contribution in [0.1, 0.15) is 47.3 Å². The maximum absolute atomic E-state index is 13.2. The highest BCUT2D eigenvalue weighted by Crippen LogP contribution is 2.28. The third-order valence-corrected chi connectivity index (χ3v) is 7.39. The lowest BCUT2D eigenvalue weighted by molar-refractivity contribution is -0.124. The van der Waals surface area contributed by atoms with E-state index in [0.29, 0.717) is 6.61 Å². The molecule has 0 spiro atoms. The molecule has 2 N–H and O–H groups in total. The number of aromatic nitrogens is 2. The van der Waals surface area contributed by atoms with E-state index in [1.807, 2.05) is 78.9 Å². The Morgan fingerprint density at radius 3 is 2.55 bits per heavy atom. The van der Waals surface area contributed by atoms with Crippen molar-refractivity contribution < 1.29 is 28.9 Å². The van der Waals surface area contributed by atoms with Crippen LogP contribution in [-0.4, -0.2) is 46.0 Å². The molecule has 0 unspecified atom stereocenters. The Hall–Kier alpha value is -4.63. The van der Waals surface area contributed by atoms with E-state index in [2.05, 4.69) is 10.4 Å². The topological polar surface area (TPSA) is 112 Å². The van der Waals surface area contributed by atoms with Crippen molar-refractivity contribution in [2.75, 3.05) is 7.11 Å². The molecule has 1 aromatic heterocycles. The minimum atomic E-state index is -1.20. The minimum absolute atomic E-state index is 0.0982. The van der Waals surface area contributed by atoms with Crippen LogP contribution in [0.2, 0.25) is 0 Å². The van der Waals surface area contributed by atoms with Gasteiger partial charge in [-0.1, -0.05) is 79.6 Å². The number of ether oxygens (including phenoxy) is 3. The standard InChI is InChI=1S/C33H35N3O6/c1-40-26-14-9-13-24(18-26)27-15-6-5-12-25(27)22-42-32-19-29(33(38)39)35-36(32)20-31(37)34-28-16-7-8-17-30(28)41-21-23-10-3-2-4-11-23/h2-6,9-15,18-19,28,30H,7-8,16-17,20-22H2,1H3,(H,34,37)(H,38,39)/t28-,30-/m0/s1. The Labute approximate surface area is 245 Å². The van der Waals surface area contributed by atoms with Crippen LogP contribution in [-0.2, 0) is 29.3 Å². The van der Waals surface area contributed by atoms with Crippen molar-refractivity contribution in [3.8, 4) is 22.8 Å². The second kappa shape index (κ2) is 13.8. The van der Waals surface area contributed by atoms with E-state index in [0.717, 1.165) is 53.7 Å². The highest BCUT2D eigenvalue weighted by Gasteiger charge is 2.28. The molecule has 0 radical (unpaired) electrons. The van der Waals surface area contributed by atoms with E-state index in [1.165, 1.54) is 10.7 Å². The van der Waals surface area contributed by atoms with Gasteiger partial charge in [0.25, 0.3) is 0 Å². The molecule has 1 heterocycles. The fourth-order valence-corrected chi connectivity index (χ4v) is 5.23. The summed E-state index contributed by atoms with van der Waals surface area (Å²) in [5, 5.41) is 16.8. The van der Waals surface area contributed by atoms with Crippen molar-refractivity contribution in [2.45, 2.75) is 57.6 Å². The number of aromatic carboxylic acids is 1. The number of hydrogen-bond donors (Lipinski definition) is 2. The number of benzene rings is 3. The van der Waals surface area contributed by atoms with Gasteiger partial charge in [0.1, 0.15) is 18.9 Å². The van der Waals surface area contributed by atoms with Gasteiger partial charge in [0.05, 0.1) is 25.9 Å². The van der Waals surface area contributed by atoms with Crippen molar-refractivity contribution in [3.05, 3.63) is 102 Å². The quantitative estimate of drug-likeness (QED) is 0.232. The molecular weight excluding hydrogens is 534 g/mol. The van der Waals surface area contributed by atoms with Crippen LogP contribution in [0, 0.1) is 0 Å². The lowest BCUT2D eigenvalue weighted by atomic mass is 9.92. The molecule has 42 heavy (non-hydrogen) atoms. The zero-order valence-electron chi connectivity index (χ0n) is 23.6. The molecule has 218 valence electrons. The first-order valence-corrected chi connectivity index (χ1v) is 14.1. The number of amides is 1. The molecule has 1 aliphatic carbocycles. The zero-order chi connectivity index (χ0) is 29.3. The summed E-state index contributed by atoms with van der Waals surface area (Å²) in [6.07, 6.45) is 3.63. The summed E-state index contributed by atoms with van der Waals surface area (Å²) in [6.45, 7) is 0.452. The molecule has 1 fully saturated rings. The summed E-state index contributed by atoms with van der Waals surface area (Å²) in [5.41, 5.74) is 3.70. The van der Waals surface area contributed by atoms with Crippen LogP contribution in [0.25, 0.3) is 11.1 Å². The molecule has 9 heteroatoms. The highest BCUT2D eigenvalue weighted by molar-refractivity contribution is 5.86. The molecule has 4 aromatic rings. The summed E-state index contributed by atoms with van der Waals surface area (Å²) < 4.78 is 18.9. The summed E-state index contributed by atoms with van der Waals surface area (Å²) in [7, 11) is 1.62. The van der Waals surface area contributed by atoms with Crippen LogP contribution in [0.5, 0.6) is 11.6 Å². The molecule has 5 rings (SSSR count). The first kappa shape index (κ1) is 28.9. The van der Waals surface area contributed by atoms with Gasteiger partial charge in [-0.25, -0.2) is 9.48 Å². The summed E-state index contributed by atoms with van der Waals surface area (Å²) in [6, 6.07) is 26.7. The van der Waals surface area contributed by atoms with Crippen molar-refractivity contribution in [2.24, 2.45) is 0 Å². The number of carboxylic acid groups (broad SMARTS) is 1. The van der Waals surface area contributed by atoms with E-state index < -0.39 is 5.97 Å². The normalized spacial score (nSPS) is 16.5. The van der Waals surface area contributed by atoms with E-state index in [-0.39, 0.29) is 42.8 Å². The Balaban J connectivity index is 1.26. The number of carbonyl (C=O) groups excluding carboxylic acids is 1. The second-order valence-electron chi connectivity index (χ2n) is 10.3. The van der Waals surface area contributed by atoms with Gasteiger partial charge in [0.2, 0.25) is 11.8 Å². The Kier molecular flexibility index (Phi) is 9.51. The number of hydrogen-bond acceptors (Lipinski definition) is 6. The van der Waals surface area contributed by atoms with Crippen LogP contribution < -0.4 is 14.8 Å². The van der Waals surface area contributed by atoms with Crippen LogP contribution in [0.4, 0.5) is 0 Å². The first-order chi connectivity index (χ1) is 20.5. The number of nitrogens with one attached hydrogen (secondary N) is 1. The average molecular weight is 570 g/mol. The van der Waals surface area contributed by atoms with Crippen molar-refractivity contribution in [1.82, 2.24) is 15.1 Å². The van der Waals surface area contributed by atoms with Gasteiger partial charge in [-0.3, -0.25) is 4.79 Å². The van der Waals surface area contributed by atoms with Gasteiger partial charge in [-0.15, -0.1) is 0 Å². The van der Waals surface area contributed by atoms with Crippen LogP contribution in [0.3, 0.4) is 0 Å². The largest absolute Gasteiger partial charge is 0.497 e. The monoisotopic (exact) mass is 569 g/mol. The predicted octanol–water partition coefficient (Wildman–Crippen LogP) is 5.48. The van der Waals surface area contributed by atoms with Gasteiger partial charge in [0.15, 0.2) is 5.69 Å². The fraction of sp³-hybridized carbons (Fsp3) is 0.303. The van der Waals surface area contributed by atoms with Crippen molar-refractivity contribution >= 4 is 11.9 Å². The molecule has 0 aliphatic heterocycles. The number of carboxylic acids is 1. The molecule has 9 nitrogen and oxygen atoms in total. The highest BCUT2D eigenvalue weighted by atomic mass is 16.5. The van der Waals surface area contributed by atoms with E-state index >= 15 is 0 Å². The fourth-order valence-electron chi connectivity index (χ4n) is 5.23. The SMILES string of the molecule is COc1cccc(-c2ccccc2COc2cc(C(=O)O)nn2CC(=O)N[C@H]2CCCC[C@@H]2OCc2ccccc2)c1. The molecule has 0 bridgehead atoms. The zero-order valence-corrected chi connectivity index (χ0v) is 23.6. The maximum atomic E-state index is 13.2. The third-order valence-electron chi connectivity index (χ3n) is 7.39. The Morgan fingerprint density at radius 2 is 1.74 bits per heavy atom. The predicted molar refractivity (Wildman–Crippen MR) is 157 cm³/mol. The van der Waals surface area contributed by atoms with E-state index in [9.17, 15) is 14.7 Å². The molecule has 3 aromatic carbocycles. The van der Waals surface area contributed by atoms with Gasteiger partial charge in [-0.05, 0) is 47.2 Å². The summed E-state index contributed by atoms with van der Waals surface area (Å²) in [4.78, 5) is 24.9. The number of nitrogens with zero attached hydrogens (tertiary/aromatic N) is 2. The van der Waals surface area contributed by atoms with Crippen LogP contribution >= 0.6 is 0 Å². The molecule has 1 amide bonds. The minimum Gasteiger partial charge on any atom is -0.497 e. The third kappa shape index (κ3) is 7.36. The van der Waals surface area contributed by atoms with Crippen molar-refractivity contribution in [3.63, 3.8) is 0 Å². The lowest BCUT2D eigenvalue weighted by Gasteiger charge is -2.32. The number of methoxy groups -OCH3 is 1. The van der Waals surface area contributed by atoms with Gasteiger partial charge >= 0.3 is 5.97 Å². The summed E-state index contributed by atoms with van der Waals surface area (Å²) >= 11 is 0. The lowest BCUT2D eigenvalue weighted by Crippen LogP contribution is -2.47. The van der Waals surface area contributed by atoms with Crippen LogP contribution in [0.15, 0.2) is 84.9 Å².